The quantitative estimate of drug-likeness (QED) is 0.777. The van der Waals surface area contributed by atoms with Gasteiger partial charge in [-0.15, -0.1) is 5.10 Å². The van der Waals surface area contributed by atoms with E-state index in [1.54, 1.807) is 6.20 Å². The van der Waals surface area contributed by atoms with Gasteiger partial charge in [-0.3, -0.25) is 0 Å². The molecule has 25 heavy (non-hydrogen) atoms. The molecule has 0 spiro atoms. The van der Waals surface area contributed by atoms with Crippen molar-refractivity contribution < 1.29 is 4.74 Å². The number of benzene rings is 2. The molecular weight excluding hydrogens is 314 g/mol. The first-order valence-corrected chi connectivity index (χ1v) is 8.52. The summed E-state index contributed by atoms with van der Waals surface area (Å²) in [5, 5.41) is 11.7. The topological polar surface area (TPSA) is 55.2 Å². The molecule has 0 aliphatic carbocycles. The first-order chi connectivity index (χ1) is 12.4. The van der Waals surface area contributed by atoms with E-state index < -0.39 is 0 Å². The number of anilines is 2. The summed E-state index contributed by atoms with van der Waals surface area (Å²) in [5.74, 6) is 0. The number of rotatable bonds is 5. The van der Waals surface area contributed by atoms with Crippen LogP contribution in [0.4, 0.5) is 11.4 Å². The zero-order valence-corrected chi connectivity index (χ0v) is 14.0. The average Bonchev–Trinajstić information content (AvgIpc) is 3.17. The normalized spacial score (nSPS) is 14.5. The molecule has 1 N–H and O–H groups in total. The maximum absolute atomic E-state index is 5.40. The fourth-order valence-corrected chi connectivity index (χ4v) is 2.97. The lowest BCUT2D eigenvalue weighted by Gasteiger charge is -2.28. The molecule has 0 amide bonds. The van der Waals surface area contributed by atoms with E-state index >= 15 is 0 Å². The second-order valence-corrected chi connectivity index (χ2v) is 5.97. The molecule has 3 aromatic rings. The van der Waals surface area contributed by atoms with Gasteiger partial charge in [-0.1, -0.05) is 23.4 Å². The Kier molecular flexibility index (Phi) is 4.61. The van der Waals surface area contributed by atoms with E-state index in [0.29, 0.717) is 6.54 Å². The summed E-state index contributed by atoms with van der Waals surface area (Å²) in [6, 6.07) is 18.6. The van der Waals surface area contributed by atoms with Crippen molar-refractivity contribution >= 4 is 11.4 Å². The lowest BCUT2D eigenvalue weighted by molar-refractivity contribution is 0.122. The second-order valence-electron chi connectivity index (χ2n) is 5.97. The van der Waals surface area contributed by atoms with Gasteiger partial charge in [0, 0.05) is 24.5 Å². The van der Waals surface area contributed by atoms with Crippen molar-refractivity contribution in [1.82, 2.24) is 15.0 Å². The van der Waals surface area contributed by atoms with Gasteiger partial charge in [-0.05, 0) is 36.4 Å². The monoisotopic (exact) mass is 335 g/mol. The molecule has 1 aliphatic heterocycles. The minimum absolute atomic E-state index is 0.665. The van der Waals surface area contributed by atoms with Gasteiger partial charge in [0.2, 0.25) is 0 Å². The van der Waals surface area contributed by atoms with Crippen LogP contribution in [-0.4, -0.2) is 41.3 Å². The van der Waals surface area contributed by atoms with Crippen LogP contribution < -0.4 is 10.2 Å². The number of hydrogen-bond donors (Lipinski definition) is 1. The second kappa shape index (κ2) is 7.36. The van der Waals surface area contributed by atoms with Crippen molar-refractivity contribution in [3.8, 4) is 5.69 Å². The Hall–Kier alpha value is -2.86. The molecule has 1 aromatic heterocycles. The predicted octanol–water partition coefficient (Wildman–Crippen LogP) is 2.72. The van der Waals surface area contributed by atoms with Crippen LogP contribution in [0.1, 0.15) is 5.69 Å². The van der Waals surface area contributed by atoms with Gasteiger partial charge < -0.3 is 15.0 Å². The molecule has 0 unspecified atom stereocenters. The lowest BCUT2D eigenvalue weighted by Crippen LogP contribution is -2.36. The Morgan fingerprint density at radius 2 is 1.68 bits per heavy atom. The van der Waals surface area contributed by atoms with Crippen LogP contribution in [0, 0.1) is 0 Å². The first-order valence-electron chi connectivity index (χ1n) is 8.52. The van der Waals surface area contributed by atoms with E-state index in [0.717, 1.165) is 43.4 Å². The van der Waals surface area contributed by atoms with Crippen molar-refractivity contribution in [1.29, 1.82) is 0 Å². The Bertz CT molecular complexity index is 794. The highest BCUT2D eigenvalue weighted by atomic mass is 16.5. The third-order valence-corrected chi connectivity index (χ3v) is 4.34. The molecule has 6 nitrogen and oxygen atoms in total. The van der Waals surface area contributed by atoms with Crippen molar-refractivity contribution in [3.05, 3.63) is 66.5 Å². The summed E-state index contributed by atoms with van der Waals surface area (Å²) >= 11 is 0. The van der Waals surface area contributed by atoms with Crippen molar-refractivity contribution in [2.24, 2.45) is 0 Å². The minimum atomic E-state index is 0.665. The van der Waals surface area contributed by atoms with E-state index in [4.69, 9.17) is 4.74 Å². The maximum atomic E-state index is 5.40. The summed E-state index contributed by atoms with van der Waals surface area (Å²) in [6.07, 6.45) is 1.79. The largest absolute Gasteiger partial charge is 0.379 e. The molecule has 2 aromatic carbocycles. The van der Waals surface area contributed by atoms with Gasteiger partial charge in [-0.25, -0.2) is 4.68 Å². The molecule has 1 saturated heterocycles. The molecule has 6 heteroatoms. The molecule has 128 valence electrons. The van der Waals surface area contributed by atoms with Crippen LogP contribution in [0.15, 0.2) is 60.8 Å². The van der Waals surface area contributed by atoms with Crippen LogP contribution in [0.5, 0.6) is 0 Å². The average molecular weight is 335 g/mol. The standard InChI is InChI=1S/C19H21N5O/c1-2-4-18(5-3-1)24-19(15-21-22-24)14-20-16-6-8-17(9-7-16)23-10-12-25-13-11-23/h1-9,15,20H,10-14H2. The van der Waals surface area contributed by atoms with Gasteiger partial charge >= 0.3 is 0 Å². The minimum Gasteiger partial charge on any atom is -0.379 e. The van der Waals surface area contributed by atoms with Gasteiger partial charge in [-0.2, -0.15) is 0 Å². The van der Waals surface area contributed by atoms with Crippen LogP contribution in [-0.2, 0) is 11.3 Å². The summed E-state index contributed by atoms with van der Waals surface area (Å²) < 4.78 is 7.26. The molecule has 0 bridgehead atoms. The number of para-hydroxylation sites is 1. The highest BCUT2D eigenvalue weighted by Gasteiger charge is 2.11. The van der Waals surface area contributed by atoms with Crippen LogP contribution in [0.3, 0.4) is 0 Å². The first kappa shape index (κ1) is 15.7. The Labute approximate surface area is 147 Å². The maximum Gasteiger partial charge on any atom is 0.0836 e. The smallest absolute Gasteiger partial charge is 0.0836 e. The van der Waals surface area contributed by atoms with E-state index in [1.807, 2.05) is 35.0 Å². The summed E-state index contributed by atoms with van der Waals surface area (Å²) in [5.41, 5.74) is 4.35. The summed E-state index contributed by atoms with van der Waals surface area (Å²) in [7, 11) is 0. The summed E-state index contributed by atoms with van der Waals surface area (Å²) in [6.45, 7) is 4.18. The van der Waals surface area contributed by atoms with Crippen LogP contribution >= 0.6 is 0 Å². The Morgan fingerprint density at radius 1 is 0.920 bits per heavy atom. The Morgan fingerprint density at radius 3 is 2.44 bits per heavy atom. The number of hydrogen-bond acceptors (Lipinski definition) is 5. The fraction of sp³-hybridized carbons (Fsp3) is 0.263. The SMILES string of the molecule is c1ccc(-n2nncc2CNc2ccc(N3CCOCC3)cc2)cc1. The molecule has 1 aliphatic rings. The number of nitrogens with zero attached hydrogens (tertiary/aromatic N) is 4. The van der Waals surface area contributed by atoms with Crippen LogP contribution in [0.2, 0.25) is 0 Å². The van der Waals surface area contributed by atoms with Crippen molar-refractivity contribution in [2.45, 2.75) is 6.54 Å². The lowest BCUT2D eigenvalue weighted by atomic mass is 10.2. The van der Waals surface area contributed by atoms with Crippen molar-refractivity contribution in [3.63, 3.8) is 0 Å². The van der Waals surface area contributed by atoms with Crippen molar-refractivity contribution in [2.75, 3.05) is 36.5 Å². The number of morpholine rings is 1. The number of aromatic nitrogens is 3. The zero-order valence-electron chi connectivity index (χ0n) is 14.0. The highest BCUT2D eigenvalue weighted by molar-refractivity contribution is 5.55. The predicted molar refractivity (Wildman–Crippen MR) is 98.2 cm³/mol. The molecule has 0 atom stereocenters. The highest BCUT2D eigenvalue weighted by Crippen LogP contribution is 2.19. The van der Waals surface area contributed by atoms with E-state index in [1.165, 1.54) is 5.69 Å². The van der Waals surface area contributed by atoms with E-state index in [9.17, 15) is 0 Å². The number of nitrogens with one attached hydrogen (secondary N) is 1. The van der Waals surface area contributed by atoms with E-state index in [2.05, 4.69) is 44.8 Å². The Balaban J connectivity index is 1.41. The third kappa shape index (κ3) is 3.64. The molecule has 1 fully saturated rings. The molecule has 0 radical (unpaired) electrons. The van der Waals surface area contributed by atoms with Gasteiger partial charge in [0.1, 0.15) is 0 Å². The molecule has 2 heterocycles. The zero-order chi connectivity index (χ0) is 16.9. The molecule has 0 saturated carbocycles. The fourth-order valence-electron chi connectivity index (χ4n) is 2.97. The van der Waals surface area contributed by atoms with Gasteiger partial charge in [0.25, 0.3) is 0 Å². The molecular formula is C19H21N5O. The molecule has 4 rings (SSSR count). The summed E-state index contributed by atoms with van der Waals surface area (Å²) in [4.78, 5) is 2.35. The number of ether oxygens (including phenoxy) is 1. The van der Waals surface area contributed by atoms with E-state index in [-0.39, 0.29) is 0 Å². The van der Waals surface area contributed by atoms with Crippen LogP contribution in [0.25, 0.3) is 5.69 Å². The van der Waals surface area contributed by atoms with Gasteiger partial charge in [0.05, 0.1) is 37.3 Å². The third-order valence-electron chi connectivity index (χ3n) is 4.34. The van der Waals surface area contributed by atoms with Gasteiger partial charge in [0.15, 0.2) is 0 Å².